The second-order valence-electron chi connectivity index (χ2n) is 3.46. The summed E-state index contributed by atoms with van der Waals surface area (Å²) in [5.74, 6) is 0.743. The van der Waals surface area contributed by atoms with Crippen LogP contribution in [0.2, 0.25) is 0 Å². The molecular weight excluding hydrogens is 152 g/mol. The van der Waals surface area contributed by atoms with E-state index in [9.17, 15) is 9.59 Å². The van der Waals surface area contributed by atoms with Crippen LogP contribution < -0.4 is 0 Å². The summed E-state index contributed by atoms with van der Waals surface area (Å²) in [7, 11) is 0. The van der Waals surface area contributed by atoms with Gasteiger partial charge in [-0.25, -0.2) is 0 Å². The Morgan fingerprint density at radius 1 is 1.42 bits per heavy atom. The van der Waals surface area contributed by atoms with E-state index in [2.05, 4.69) is 6.92 Å². The summed E-state index contributed by atoms with van der Waals surface area (Å²) in [5, 5.41) is 0. The van der Waals surface area contributed by atoms with E-state index in [1.165, 1.54) is 0 Å². The molecule has 0 bridgehead atoms. The van der Waals surface area contributed by atoms with E-state index in [0.717, 1.165) is 25.5 Å². The van der Waals surface area contributed by atoms with Crippen LogP contribution in [0.1, 0.15) is 46.0 Å². The van der Waals surface area contributed by atoms with E-state index < -0.39 is 0 Å². The number of Topliss-reactive ketones (excluding diaryl/α,β-unsaturated/α-hetero) is 1. The van der Waals surface area contributed by atoms with Crippen LogP contribution in [-0.4, -0.2) is 12.1 Å². The molecule has 70 valence electrons. The Morgan fingerprint density at radius 2 is 2.08 bits per heavy atom. The Balaban J connectivity index is 3.24. The number of hydrogen-bond donors (Lipinski definition) is 0. The van der Waals surface area contributed by atoms with Crippen LogP contribution in [0.15, 0.2) is 0 Å². The highest BCUT2D eigenvalue weighted by atomic mass is 16.1. The fourth-order valence-corrected chi connectivity index (χ4v) is 1.31. The molecule has 12 heavy (non-hydrogen) atoms. The lowest BCUT2D eigenvalue weighted by atomic mass is 9.98. The van der Waals surface area contributed by atoms with Gasteiger partial charge < -0.3 is 9.59 Å². The average molecular weight is 170 g/mol. The fraction of sp³-hybridized carbons (Fsp3) is 0.800. The van der Waals surface area contributed by atoms with Crippen molar-refractivity contribution in [3.63, 3.8) is 0 Å². The SMILES string of the molecule is CC(=O)CC(C)CCCCC=O. The van der Waals surface area contributed by atoms with Crippen molar-refractivity contribution in [3.05, 3.63) is 0 Å². The minimum atomic E-state index is 0.262. The van der Waals surface area contributed by atoms with Crippen LogP contribution in [0.25, 0.3) is 0 Å². The molecule has 2 heteroatoms. The number of aldehydes is 1. The lowest BCUT2D eigenvalue weighted by Crippen LogP contribution is -2.01. The molecule has 0 aliphatic carbocycles. The Labute approximate surface area is 74.3 Å². The lowest BCUT2D eigenvalue weighted by molar-refractivity contribution is -0.117. The molecule has 0 aliphatic heterocycles. The summed E-state index contributed by atoms with van der Waals surface area (Å²) in [6.07, 6.45) is 5.38. The van der Waals surface area contributed by atoms with Gasteiger partial charge in [0.1, 0.15) is 12.1 Å². The number of rotatable bonds is 7. The second-order valence-corrected chi connectivity index (χ2v) is 3.46. The van der Waals surface area contributed by atoms with Crippen molar-refractivity contribution in [2.45, 2.75) is 46.0 Å². The molecule has 0 N–H and O–H groups in total. The molecule has 1 atom stereocenters. The van der Waals surface area contributed by atoms with Gasteiger partial charge in [-0.15, -0.1) is 0 Å². The van der Waals surface area contributed by atoms with Crippen molar-refractivity contribution in [2.24, 2.45) is 5.92 Å². The summed E-state index contributed by atoms with van der Waals surface area (Å²) >= 11 is 0. The summed E-state index contributed by atoms with van der Waals surface area (Å²) < 4.78 is 0. The summed E-state index contributed by atoms with van der Waals surface area (Å²) in [6.45, 7) is 3.71. The Kier molecular flexibility index (Phi) is 6.63. The van der Waals surface area contributed by atoms with Gasteiger partial charge in [0, 0.05) is 12.8 Å². The first kappa shape index (κ1) is 11.3. The van der Waals surface area contributed by atoms with Crippen LogP contribution in [0, 0.1) is 5.92 Å². The minimum Gasteiger partial charge on any atom is -0.303 e. The van der Waals surface area contributed by atoms with Gasteiger partial charge in [0.05, 0.1) is 0 Å². The van der Waals surface area contributed by atoms with E-state index in [4.69, 9.17) is 0 Å². The molecule has 0 amide bonds. The first-order valence-electron chi connectivity index (χ1n) is 4.60. The van der Waals surface area contributed by atoms with E-state index in [-0.39, 0.29) is 5.78 Å². The Bertz CT molecular complexity index is 141. The topological polar surface area (TPSA) is 34.1 Å². The molecule has 0 aromatic heterocycles. The van der Waals surface area contributed by atoms with Gasteiger partial charge in [0.25, 0.3) is 0 Å². The number of ketones is 1. The zero-order valence-electron chi connectivity index (χ0n) is 8.01. The van der Waals surface area contributed by atoms with Crippen molar-refractivity contribution in [3.8, 4) is 0 Å². The molecule has 0 saturated heterocycles. The van der Waals surface area contributed by atoms with Gasteiger partial charge >= 0.3 is 0 Å². The number of carbonyl (C=O) groups excluding carboxylic acids is 2. The molecule has 0 saturated carbocycles. The second kappa shape index (κ2) is 7.01. The maximum atomic E-state index is 10.7. The van der Waals surface area contributed by atoms with Gasteiger partial charge in [0.15, 0.2) is 0 Å². The molecule has 0 aliphatic rings. The Hall–Kier alpha value is -0.660. The van der Waals surface area contributed by atoms with Gasteiger partial charge in [-0.3, -0.25) is 0 Å². The van der Waals surface area contributed by atoms with Crippen LogP contribution in [0.5, 0.6) is 0 Å². The van der Waals surface area contributed by atoms with Crippen LogP contribution in [0.3, 0.4) is 0 Å². The molecule has 2 nitrogen and oxygen atoms in total. The third-order valence-corrected chi connectivity index (χ3v) is 1.90. The van der Waals surface area contributed by atoms with Crippen molar-refractivity contribution in [1.29, 1.82) is 0 Å². The van der Waals surface area contributed by atoms with Crippen LogP contribution in [-0.2, 0) is 9.59 Å². The predicted octanol–water partition coefficient (Wildman–Crippen LogP) is 2.36. The average Bonchev–Trinajstić information content (AvgIpc) is 1.97. The summed E-state index contributed by atoms with van der Waals surface area (Å²) in [5.41, 5.74) is 0. The molecule has 0 aromatic rings. The highest BCUT2D eigenvalue weighted by molar-refractivity contribution is 5.75. The monoisotopic (exact) mass is 170 g/mol. The summed E-state index contributed by atoms with van der Waals surface area (Å²) in [6, 6.07) is 0. The maximum Gasteiger partial charge on any atom is 0.130 e. The quantitative estimate of drug-likeness (QED) is 0.434. The van der Waals surface area contributed by atoms with Crippen molar-refractivity contribution >= 4 is 12.1 Å². The molecule has 0 radical (unpaired) electrons. The zero-order chi connectivity index (χ0) is 9.40. The van der Waals surface area contributed by atoms with Gasteiger partial charge in [0.2, 0.25) is 0 Å². The van der Waals surface area contributed by atoms with Crippen LogP contribution >= 0.6 is 0 Å². The minimum absolute atomic E-state index is 0.262. The number of hydrogen-bond acceptors (Lipinski definition) is 2. The highest BCUT2D eigenvalue weighted by Gasteiger charge is 2.04. The molecule has 0 heterocycles. The first-order chi connectivity index (χ1) is 5.66. The number of carbonyl (C=O) groups is 2. The van der Waals surface area contributed by atoms with Crippen molar-refractivity contribution in [1.82, 2.24) is 0 Å². The van der Waals surface area contributed by atoms with Gasteiger partial charge in [-0.1, -0.05) is 19.8 Å². The molecule has 1 unspecified atom stereocenters. The third-order valence-electron chi connectivity index (χ3n) is 1.90. The maximum absolute atomic E-state index is 10.7. The highest BCUT2D eigenvalue weighted by Crippen LogP contribution is 2.12. The molecule has 0 rings (SSSR count). The molecular formula is C10H18O2. The normalized spacial score (nSPS) is 12.5. The van der Waals surface area contributed by atoms with Gasteiger partial charge in [-0.2, -0.15) is 0 Å². The Morgan fingerprint density at radius 3 is 2.58 bits per heavy atom. The molecule has 0 aromatic carbocycles. The van der Waals surface area contributed by atoms with Crippen LogP contribution in [0.4, 0.5) is 0 Å². The van der Waals surface area contributed by atoms with Crippen molar-refractivity contribution < 1.29 is 9.59 Å². The smallest absolute Gasteiger partial charge is 0.130 e. The number of unbranched alkanes of at least 4 members (excludes halogenated alkanes) is 2. The van der Waals surface area contributed by atoms with Crippen molar-refractivity contribution in [2.75, 3.05) is 0 Å². The van der Waals surface area contributed by atoms with E-state index in [1.54, 1.807) is 6.92 Å². The third kappa shape index (κ3) is 7.45. The predicted molar refractivity (Wildman–Crippen MR) is 49.0 cm³/mol. The van der Waals surface area contributed by atoms with E-state index >= 15 is 0 Å². The summed E-state index contributed by atoms with van der Waals surface area (Å²) in [4.78, 5) is 20.7. The van der Waals surface area contributed by atoms with E-state index in [0.29, 0.717) is 18.8 Å². The standard InChI is InChI=1S/C10H18O2/c1-9(8-10(2)12)6-4-3-5-7-11/h7,9H,3-6,8H2,1-2H3. The molecule has 0 spiro atoms. The largest absolute Gasteiger partial charge is 0.303 e. The van der Waals surface area contributed by atoms with Gasteiger partial charge in [-0.05, 0) is 19.3 Å². The molecule has 0 fully saturated rings. The van der Waals surface area contributed by atoms with E-state index in [1.807, 2.05) is 0 Å². The lowest BCUT2D eigenvalue weighted by Gasteiger charge is -2.07. The zero-order valence-corrected chi connectivity index (χ0v) is 8.01. The fourth-order valence-electron chi connectivity index (χ4n) is 1.31. The first-order valence-corrected chi connectivity index (χ1v) is 4.60.